The summed E-state index contributed by atoms with van der Waals surface area (Å²) < 4.78 is 0. The highest BCUT2D eigenvalue weighted by molar-refractivity contribution is 5.65. The average molecular weight is 161 g/mol. The fourth-order valence-electron chi connectivity index (χ4n) is 1.09. The summed E-state index contributed by atoms with van der Waals surface area (Å²) in [7, 11) is 0. The molecule has 0 radical (unpaired) electrons. The molecule has 5 heteroatoms. The van der Waals surface area contributed by atoms with Crippen molar-refractivity contribution in [2.75, 3.05) is 13.1 Å². The largest absolute Gasteiger partial charge is 0.465 e. The summed E-state index contributed by atoms with van der Waals surface area (Å²) >= 11 is 0. The van der Waals surface area contributed by atoms with E-state index in [9.17, 15) is 4.79 Å². The van der Waals surface area contributed by atoms with E-state index in [0.29, 0.717) is 13.0 Å². The first kappa shape index (κ1) is 8.29. The van der Waals surface area contributed by atoms with Crippen LogP contribution in [-0.4, -0.2) is 51.6 Å². The van der Waals surface area contributed by atoms with Crippen LogP contribution in [0, 0.1) is 0 Å². The zero-order valence-corrected chi connectivity index (χ0v) is 5.97. The maximum Gasteiger partial charge on any atom is 0.407 e. The Balaban J connectivity index is 2.46. The number of aliphatic hydroxyl groups is 2. The number of carbonyl (C=O) groups is 1. The molecule has 3 N–H and O–H groups in total. The molecule has 1 saturated heterocycles. The van der Waals surface area contributed by atoms with Crippen molar-refractivity contribution in [2.24, 2.45) is 0 Å². The molecule has 64 valence electrons. The molecule has 0 saturated carbocycles. The molecule has 0 aromatic rings. The number of carboxylic acid groups (broad SMARTS) is 1. The number of amides is 1. The van der Waals surface area contributed by atoms with Crippen LogP contribution in [-0.2, 0) is 0 Å². The van der Waals surface area contributed by atoms with Crippen LogP contribution in [0.2, 0.25) is 0 Å². The molecule has 2 atom stereocenters. The summed E-state index contributed by atoms with van der Waals surface area (Å²) in [6.45, 7) is 0.310. The Morgan fingerprint density at radius 2 is 2.00 bits per heavy atom. The topological polar surface area (TPSA) is 81.0 Å². The number of hydrogen-bond donors (Lipinski definition) is 3. The van der Waals surface area contributed by atoms with Gasteiger partial charge in [-0.1, -0.05) is 0 Å². The number of aliphatic hydroxyl groups excluding tert-OH is 2. The Kier molecular flexibility index (Phi) is 2.31. The lowest BCUT2D eigenvalue weighted by Crippen LogP contribution is -2.48. The lowest BCUT2D eigenvalue weighted by Gasteiger charge is -2.31. The molecule has 1 heterocycles. The molecule has 1 fully saturated rings. The van der Waals surface area contributed by atoms with Gasteiger partial charge in [0.15, 0.2) is 0 Å². The quantitative estimate of drug-likeness (QED) is 0.429. The van der Waals surface area contributed by atoms with Crippen molar-refractivity contribution >= 4 is 6.09 Å². The molecule has 1 rings (SSSR count). The van der Waals surface area contributed by atoms with E-state index in [1.165, 1.54) is 0 Å². The molecular weight excluding hydrogens is 150 g/mol. The van der Waals surface area contributed by atoms with Gasteiger partial charge in [0.05, 0.1) is 18.8 Å². The number of hydrogen-bond acceptors (Lipinski definition) is 3. The fourth-order valence-corrected chi connectivity index (χ4v) is 1.09. The molecule has 0 spiro atoms. The van der Waals surface area contributed by atoms with Crippen LogP contribution in [0.5, 0.6) is 0 Å². The Labute approximate surface area is 63.9 Å². The normalized spacial score (nSPS) is 32.0. The van der Waals surface area contributed by atoms with Crippen LogP contribution in [0.1, 0.15) is 6.42 Å². The Morgan fingerprint density at radius 1 is 1.36 bits per heavy atom. The number of nitrogens with zero attached hydrogens (tertiary/aromatic N) is 1. The van der Waals surface area contributed by atoms with Crippen LogP contribution in [0.4, 0.5) is 4.79 Å². The molecule has 5 nitrogen and oxygen atoms in total. The summed E-state index contributed by atoms with van der Waals surface area (Å²) in [4.78, 5) is 11.4. The Bertz CT molecular complexity index is 161. The van der Waals surface area contributed by atoms with Gasteiger partial charge in [0.2, 0.25) is 0 Å². The van der Waals surface area contributed by atoms with Gasteiger partial charge in [0.1, 0.15) is 0 Å². The predicted molar refractivity (Wildman–Crippen MR) is 36.2 cm³/mol. The molecule has 1 aliphatic rings. The predicted octanol–water partition coefficient (Wildman–Crippen LogP) is -0.908. The van der Waals surface area contributed by atoms with E-state index in [4.69, 9.17) is 15.3 Å². The minimum absolute atomic E-state index is 0.0104. The third kappa shape index (κ3) is 1.81. The fraction of sp³-hybridized carbons (Fsp3) is 0.833. The Morgan fingerprint density at radius 3 is 2.45 bits per heavy atom. The number of likely N-dealkylation sites (tertiary alicyclic amines) is 1. The van der Waals surface area contributed by atoms with E-state index in [0.717, 1.165) is 4.90 Å². The van der Waals surface area contributed by atoms with Crippen LogP contribution < -0.4 is 0 Å². The van der Waals surface area contributed by atoms with E-state index in [1.54, 1.807) is 0 Å². The van der Waals surface area contributed by atoms with E-state index < -0.39 is 18.3 Å². The molecule has 1 aliphatic heterocycles. The molecule has 0 aromatic heterocycles. The van der Waals surface area contributed by atoms with Crippen molar-refractivity contribution in [3.8, 4) is 0 Å². The van der Waals surface area contributed by atoms with Crippen molar-refractivity contribution in [3.63, 3.8) is 0 Å². The Hall–Kier alpha value is -0.810. The zero-order valence-electron chi connectivity index (χ0n) is 5.97. The monoisotopic (exact) mass is 161 g/mol. The first-order valence-corrected chi connectivity index (χ1v) is 3.45. The molecule has 1 amide bonds. The van der Waals surface area contributed by atoms with E-state index >= 15 is 0 Å². The molecule has 0 aromatic carbocycles. The second kappa shape index (κ2) is 3.06. The van der Waals surface area contributed by atoms with Gasteiger partial charge in [-0.25, -0.2) is 4.79 Å². The summed E-state index contributed by atoms with van der Waals surface area (Å²) in [5, 5.41) is 26.5. The number of rotatable bonds is 0. The van der Waals surface area contributed by atoms with Crippen LogP contribution in [0.15, 0.2) is 0 Å². The number of β-amino-alcohol motifs (C(OH)–C–C–N with tert-alkyl or cyclic N) is 1. The maximum absolute atomic E-state index is 10.3. The first-order valence-electron chi connectivity index (χ1n) is 3.45. The first-order chi connectivity index (χ1) is 5.11. The van der Waals surface area contributed by atoms with Crippen molar-refractivity contribution in [1.82, 2.24) is 4.90 Å². The van der Waals surface area contributed by atoms with Gasteiger partial charge >= 0.3 is 6.09 Å². The lowest BCUT2D eigenvalue weighted by molar-refractivity contribution is -0.0328. The van der Waals surface area contributed by atoms with Crippen LogP contribution in [0.3, 0.4) is 0 Å². The number of piperidine rings is 1. The highest BCUT2D eigenvalue weighted by Gasteiger charge is 2.28. The van der Waals surface area contributed by atoms with Gasteiger partial charge in [-0.2, -0.15) is 0 Å². The van der Waals surface area contributed by atoms with Gasteiger partial charge in [-0.05, 0) is 6.42 Å². The van der Waals surface area contributed by atoms with Gasteiger partial charge in [-0.3, -0.25) is 0 Å². The van der Waals surface area contributed by atoms with Crippen molar-refractivity contribution < 1.29 is 20.1 Å². The molecule has 2 unspecified atom stereocenters. The molecule has 0 aliphatic carbocycles. The highest BCUT2D eigenvalue weighted by Crippen LogP contribution is 2.10. The summed E-state index contributed by atoms with van der Waals surface area (Å²) in [5.74, 6) is 0. The maximum atomic E-state index is 10.3. The lowest BCUT2D eigenvalue weighted by atomic mass is 10.1. The molecular formula is C6H11NO4. The van der Waals surface area contributed by atoms with Gasteiger partial charge in [0, 0.05) is 6.54 Å². The third-order valence-corrected chi connectivity index (χ3v) is 1.82. The summed E-state index contributed by atoms with van der Waals surface area (Å²) in [5.41, 5.74) is 0. The smallest absolute Gasteiger partial charge is 0.407 e. The van der Waals surface area contributed by atoms with E-state index in [2.05, 4.69) is 0 Å². The minimum atomic E-state index is -1.05. The van der Waals surface area contributed by atoms with Gasteiger partial charge in [0.25, 0.3) is 0 Å². The van der Waals surface area contributed by atoms with Crippen molar-refractivity contribution in [3.05, 3.63) is 0 Å². The molecule has 11 heavy (non-hydrogen) atoms. The summed E-state index contributed by atoms with van der Waals surface area (Å²) in [6.07, 6.45) is -2.44. The van der Waals surface area contributed by atoms with Crippen LogP contribution in [0.25, 0.3) is 0 Å². The van der Waals surface area contributed by atoms with Crippen molar-refractivity contribution in [1.29, 1.82) is 0 Å². The van der Waals surface area contributed by atoms with Crippen LogP contribution >= 0.6 is 0 Å². The average Bonchev–Trinajstić information content (AvgIpc) is 1.94. The van der Waals surface area contributed by atoms with E-state index in [1.807, 2.05) is 0 Å². The second-order valence-electron chi connectivity index (χ2n) is 2.65. The highest BCUT2D eigenvalue weighted by atomic mass is 16.4. The third-order valence-electron chi connectivity index (χ3n) is 1.82. The minimum Gasteiger partial charge on any atom is -0.465 e. The van der Waals surface area contributed by atoms with E-state index in [-0.39, 0.29) is 6.54 Å². The van der Waals surface area contributed by atoms with Gasteiger partial charge in [-0.15, -0.1) is 0 Å². The van der Waals surface area contributed by atoms with Crippen molar-refractivity contribution in [2.45, 2.75) is 18.6 Å². The standard InChI is InChI=1S/C6H11NO4/c8-4-1-2-7(6(10)11)3-5(4)9/h4-5,8-9H,1-3H2,(H,10,11). The van der Waals surface area contributed by atoms with Gasteiger partial charge < -0.3 is 20.2 Å². The summed E-state index contributed by atoms with van der Waals surface area (Å²) in [6, 6.07) is 0. The second-order valence-corrected chi connectivity index (χ2v) is 2.65. The molecule has 0 bridgehead atoms. The SMILES string of the molecule is O=C(O)N1CCC(O)C(O)C1. The zero-order chi connectivity index (χ0) is 8.43.